The van der Waals surface area contributed by atoms with Gasteiger partial charge < -0.3 is 29.3 Å². The van der Waals surface area contributed by atoms with Crippen molar-refractivity contribution in [3.8, 4) is 5.92 Å². The Bertz CT molecular complexity index is 75.8. The first-order chi connectivity index (χ1) is 3.91. The second-order valence-electron chi connectivity index (χ2n) is 1.99. The van der Waals surface area contributed by atoms with Gasteiger partial charge in [0.25, 0.3) is 0 Å². The maximum atomic E-state index is 6.59. The molecule has 0 radical (unpaired) electrons. The van der Waals surface area contributed by atoms with Crippen LogP contribution in [0, 0.1) is 12.3 Å². The third kappa shape index (κ3) is 15.9. The standard InChI is InChI=1S/C8H13.BrH.Zn/c1-3-5-7-8-6-4-2;;/h3,5-8H2,1H3;1H;/q-1;;+2/p-1. The molecule has 0 saturated heterocycles. The average molecular weight is 254 g/mol. The van der Waals surface area contributed by atoms with E-state index in [0.717, 1.165) is 12.8 Å². The van der Waals surface area contributed by atoms with Crippen molar-refractivity contribution in [1.82, 2.24) is 0 Å². The van der Waals surface area contributed by atoms with Crippen LogP contribution in [0.15, 0.2) is 0 Å². The van der Waals surface area contributed by atoms with E-state index in [1.54, 1.807) is 0 Å². The summed E-state index contributed by atoms with van der Waals surface area (Å²) in [6.45, 7) is 2.19. The van der Waals surface area contributed by atoms with Crippen molar-refractivity contribution in [2.75, 3.05) is 0 Å². The molecular formula is C8H13BrZn. The fraction of sp³-hybridized carbons (Fsp3) is 0.750. The summed E-state index contributed by atoms with van der Waals surface area (Å²) in [4.78, 5) is 0. The van der Waals surface area contributed by atoms with Gasteiger partial charge in [0.05, 0.1) is 0 Å². The first-order valence-electron chi connectivity index (χ1n) is 3.31. The van der Waals surface area contributed by atoms with Gasteiger partial charge in [-0.2, -0.15) is 0 Å². The average Bonchev–Trinajstić information content (AvgIpc) is 1.81. The van der Waals surface area contributed by atoms with Gasteiger partial charge in [0, 0.05) is 0 Å². The zero-order valence-electron chi connectivity index (χ0n) is 6.62. The van der Waals surface area contributed by atoms with Gasteiger partial charge in [-0.1, -0.05) is 26.2 Å². The number of halogens is 1. The molecule has 0 unspecified atom stereocenters. The SMILES string of the molecule is [Br-].[C-]#CCCCCCC.[Zn+2]. The molecular weight excluding hydrogens is 241 g/mol. The van der Waals surface area contributed by atoms with Gasteiger partial charge in [-0.15, -0.1) is 0 Å². The molecule has 0 saturated carbocycles. The molecule has 0 fully saturated rings. The van der Waals surface area contributed by atoms with Crippen molar-refractivity contribution in [3.63, 3.8) is 0 Å². The third-order valence-corrected chi connectivity index (χ3v) is 1.16. The Balaban J connectivity index is -0.000000245. The van der Waals surface area contributed by atoms with Crippen LogP contribution in [-0.4, -0.2) is 0 Å². The van der Waals surface area contributed by atoms with E-state index in [1.807, 2.05) is 0 Å². The molecule has 2 heteroatoms. The number of hydrogen-bond acceptors (Lipinski definition) is 0. The van der Waals surface area contributed by atoms with Crippen molar-refractivity contribution in [3.05, 3.63) is 6.42 Å². The van der Waals surface area contributed by atoms with Crippen LogP contribution in [-0.2, 0) is 19.5 Å². The normalized spacial score (nSPS) is 6.80. The van der Waals surface area contributed by atoms with Crippen LogP contribution in [0.1, 0.15) is 39.0 Å². The number of hydrogen-bond donors (Lipinski definition) is 0. The molecule has 0 rings (SSSR count). The predicted molar refractivity (Wildman–Crippen MR) is 35.9 cm³/mol. The van der Waals surface area contributed by atoms with E-state index < -0.39 is 0 Å². The van der Waals surface area contributed by atoms with Gasteiger partial charge in [0.2, 0.25) is 0 Å². The first-order valence-corrected chi connectivity index (χ1v) is 3.31. The minimum atomic E-state index is 0. The van der Waals surface area contributed by atoms with Crippen LogP contribution >= 0.6 is 0 Å². The molecule has 0 aliphatic carbocycles. The second kappa shape index (κ2) is 16.3. The van der Waals surface area contributed by atoms with Gasteiger partial charge in [-0.3, -0.25) is 0 Å². The summed E-state index contributed by atoms with van der Waals surface area (Å²) in [5, 5.41) is 0. The maximum Gasteiger partial charge on any atom is 2.00 e. The summed E-state index contributed by atoms with van der Waals surface area (Å²) >= 11 is 0. The van der Waals surface area contributed by atoms with Crippen molar-refractivity contribution >= 4 is 0 Å². The van der Waals surface area contributed by atoms with Gasteiger partial charge >= 0.3 is 19.5 Å². The summed E-state index contributed by atoms with van der Waals surface area (Å²) in [6.07, 6.45) is 12.4. The molecule has 0 N–H and O–H groups in total. The van der Waals surface area contributed by atoms with E-state index >= 15 is 0 Å². The van der Waals surface area contributed by atoms with Crippen molar-refractivity contribution in [1.29, 1.82) is 0 Å². The molecule has 0 spiro atoms. The van der Waals surface area contributed by atoms with Gasteiger partial charge in [0.1, 0.15) is 0 Å². The number of unbranched alkanes of at least 4 members (excludes halogenated alkanes) is 4. The molecule has 0 aliphatic rings. The topological polar surface area (TPSA) is 0 Å². The molecule has 0 bridgehead atoms. The van der Waals surface area contributed by atoms with E-state index in [4.69, 9.17) is 6.42 Å². The van der Waals surface area contributed by atoms with Crippen molar-refractivity contribution in [2.45, 2.75) is 39.0 Å². The Kier molecular flexibility index (Phi) is 27.7. The summed E-state index contributed by atoms with van der Waals surface area (Å²) in [5.41, 5.74) is 0. The Morgan fingerprint density at radius 1 is 1.20 bits per heavy atom. The van der Waals surface area contributed by atoms with Crippen molar-refractivity contribution in [2.24, 2.45) is 0 Å². The van der Waals surface area contributed by atoms with Crippen LogP contribution in [0.3, 0.4) is 0 Å². The Hall–Kier alpha value is 0.663. The summed E-state index contributed by atoms with van der Waals surface area (Å²) in [7, 11) is 0. The minimum Gasteiger partial charge on any atom is -1.00 e. The zero-order chi connectivity index (χ0) is 6.24. The fourth-order valence-corrected chi connectivity index (χ4v) is 0.640. The van der Waals surface area contributed by atoms with E-state index in [0.29, 0.717) is 0 Å². The smallest absolute Gasteiger partial charge is 1.00 e. The summed E-state index contributed by atoms with van der Waals surface area (Å²) in [5.74, 6) is 2.38. The van der Waals surface area contributed by atoms with Crippen LogP contribution < -0.4 is 17.0 Å². The minimum absolute atomic E-state index is 0. The summed E-state index contributed by atoms with van der Waals surface area (Å²) < 4.78 is 0. The predicted octanol–water partition coefficient (Wildman–Crippen LogP) is -0.452. The van der Waals surface area contributed by atoms with Crippen LogP contribution in [0.25, 0.3) is 0 Å². The largest absolute Gasteiger partial charge is 2.00 e. The Labute approximate surface area is 87.7 Å². The molecule has 0 aromatic heterocycles. The van der Waals surface area contributed by atoms with Crippen LogP contribution in [0.4, 0.5) is 0 Å². The van der Waals surface area contributed by atoms with E-state index in [-0.39, 0.29) is 36.5 Å². The first kappa shape index (κ1) is 17.0. The molecule has 0 heterocycles. The molecule has 0 aromatic carbocycles. The van der Waals surface area contributed by atoms with Crippen LogP contribution in [0.5, 0.6) is 0 Å². The summed E-state index contributed by atoms with van der Waals surface area (Å²) in [6, 6.07) is 0. The molecule has 0 aromatic rings. The monoisotopic (exact) mass is 252 g/mol. The van der Waals surface area contributed by atoms with Gasteiger partial charge in [-0.05, 0) is 12.8 Å². The zero-order valence-corrected chi connectivity index (χ0v) is 11.2. The van der Waals surface area contributed by atoms with E-state index in [9.17, 15) is 0 Å². The fourth-order valence-electron chi connectivity index (χ4n) is 0.640. The molecule has 0 atom stereocenters. The van der Waals surface area contributed by atoms with E-state index in [1.165, 1.54) is 19.3 Å². The van der Waals surface area contributed by atoms with E-state index in [2.05, 4.69) is 12.8 Å². The Morgan fingerprint density at radius 2 is 1.80 bits per heavy atom. The molecule has 0 aliphatic heterocycles. The second-order valence-corrected chi connectivity index (χ2v) is 1.99. The van der Waals surface area contributed by atoms with Crippen molar-refractivity contribution < 1.29 is 36.5 Å². The van der Waals surface area contributed by atoms with Gasteiger partial charge in [0.15, 0.2) is 0 Å². The maximum absolute atomic E-state index is 6.59. The quantitative estimate of drug-likeness (QED) is 0.276. The van der Waals surface area contributed by atoms with Gasteiger partial charge in [-0.25, -0.2) is 0 Å². The molecule has 10 heavy (non-hydrogen) atoms. The molecule has 0 nitrogen and oxygen atoms in total. The van der Waals surface area contributed by atoms with Crippen LogP contribution in [0.2, 0.25) is 0 Å². The Morgan fingerprint density at radius 3 is 2.20 bits per heavy atom. The number of rotatable bonds is 4. The third-order valence-electron chi connectivity index (χ3n) is 1.16. The molecule has 54 valence electrons. The molecule has 0 amide bonds.